The Labute approximate surface area is 180 Å². The zero-order valence-electron chi connectivity index (χ0n) is 16.3. The van der Waals surface area contributed by atoms with Crippen LogP contribution < -0.4 is 11.0 Å². The van der Waals surface area contributed by atoms with Gasteiger partial charge in [-0.2, -0.15) is 0 Å². The number of thiazole rings is 1. The van der Waals surface area contributed by atoms with E-state index in [9.17, 15) is 9.59 Å². The van der Waals surface area contributed by atoms with Crippen molar-refractivity contribution in [2.45, 2.75) is 32.4 Å². The Morgan fingerprint density at radius 2 is 2.07 bits per heavy atom. The highest BCUT2D eigenvalue weighted by molar-refractivity contribution is 7.16. The Kier molecular flexibility index (Phi) is 4.87. The van der Waals surface area contributed by atoms with Crippen LogP contribution in [0.5, 0.6) is 0 Å². The molecule has 0 bridgehead atoms. The monoisotopic (exact) mass is 440 g/mol. The van der Waals surface area contributed by atoms with Gasteiger partial charge < -0.3 is 9.88 Å². The molecule has 30 heavy (non-hydrogen) atoms. The third-order valence-electron chi connectivity index (χ3n) is 4.95. The van der Waals surface area contributed by atoms with Crippen molar-refractivity contribution in [1.82, 2.24) is 29.2 Å². The van der Waals surface area contributed by atoms with Crippen molar-refractivity contribution in [1.29, 1.82) is 0 Å². The normalized spacial score (nSPS) is 13.6. The lowest BCUT2D eigenvalue weighted by Gasteiger charge is -2.03. The van der Waals surface area contributed by atoms with Gasteiger partial charge in [-0.3, -0.25) is 9.36 Å². The fourth-order valence-corrected chi connectivity index (χ4v) is 4.98. The van der Waals surface area contributed by atoms with E-state index in [-0.39, 0.29) is 17.6 Å². The summed E-state index contributed by atoms with van der Waals surface area (Å²) in [5.41, 5.74) is 0.579. The largest absolute Gasteiger partial charge is 0.349 e. The van der Waals surface area contributed by atoms with E-state index in [0.29, 0.717) is 23.7 Å². The number of aryl methyl sites for hydroxylation is 1. The van der Waals surface area contributed by atoms with Gasteiger partial charge in [-0.15, -0.1) is 16.4 Å². The number of hydrogen-bond acceptors (Lipinski definition) is 6. The van der Waals surface area contributed by atoms with Crippen LogP contribution in [0.1, 0.15) is 34.2 Å². The molecule has 1 N–H and O–H groups in total. The lowest BCUT2D eigenvalue weighted by molar-refractivity contribution is 0.0955. The molecule has 10 heteroatoms. The van der Waals surface area contributed by atoms with Crippen LogP contribution in [0, 0.1) is 6.92 Å². The zero-order valence-corrected chi connectivity index (χ0v) is 17.9. The predicted molar refractivity (Wildman–Crippen MR) is 117 cm³/mol. The second-order valence-electron chi connectivity index (χ2n) is 7.16. The van der Waals surface area contributed by atoms with Crippen LogP contribution in [0.15, 0.2) is 46.8 Å². The fourth-order valence-electron chi connectivity index (χ4n) is 3.32. The summed E-state index contributed by atoms with van der Waals surface area (Å²) < 4.78 is 5.13. The number of nitrogens with zero attached hydrogens (tertiary/aromatic N) is 5. The molecule has 0 aromatic carbocycles. The topological polar surface area (TPSA) is 86.7 Å². The summed E-state index contributed by atoms with van der Waals surface area (Å²) >= 11 is 2.92. The van der Waals surface area contributed by atoms with Crippen LogP contribution in [-0.4, -0.2) is 36.4 Å². The first kappa shape index (κ1) is 19.0. The molecule has 8 nitrogen and oxygen atoms in total. The third kappa shape index (κ3) is 3.52. The molecule has 0 spiro atoms. The molecular formula is C20H20N6O2S2. The van der Waals surface area contributed by atoms with Crippen molar-refractivity contribution in [2.24, 2.45) is 0 Å². The molecule has 0 unspecified atom stereocenters. The number of hydrogen-bond donors (Lipinski definition) is 1. The molecule has 4 heterocycles. The zero-order chi connectivity index (χ0) is 20.7. The predicted octanol–water partition coefficient (Wildman–Crippen LogP) is 3.09. The van der Waals surface area contributed by atoms with Gasteiger partial charge in [-0.25, -0.2) is 14.5 Å². The second kappa shape index (κ2) is 7.69. The highest BCUT2D eigenvalue weighted by Gasteiger charge is 2.30. The van der Waals surface area contributed by atoms with Crippen LogP contribution in [0.2, 0.25) is 0 Å². The SMILES string of the molecule is Cc1nc(-n2cccc2)sc1C(=O)NCCn1nc(-c2cccs2)n(C2CC2)c1=O. The Balaban J connectivity index is 1.29. The molecule has 4 aromatic rings. The van der Waals surface area contributed by atoms with Gasteiger partial charge in [0.15, 0.2) is 11.0 Å². The molecule has 5 rings (SSSR count). The number of carbonyl (C=O) groups excluding carboxylic acids is 1. The van der Waals surface area contributed by atoms with Crippen molar-refractivity contribution < 1.29 is 4.79 Å². The summed E-state index contributed by atoms with van der Waals surface area (Å²) in [7, 11) is 0. The molecule has 1 aliphatic carbocycles. The summed E-state index contributed by atoms with van der Waals surface area (Å²) in [6.07, 6.45) is 5.81. The Morgan fingerprint density at radius 1 is 1.27 bits per heavy atom. The van der Waals surface area contributed by atoms with Crippen molar-refractivity contribution in [3.8, 4) is 15.8 Å². The van der Waals surface area contributed by atoms with E-state index in [1.54, 1.807) is 15.9 Å². The quantitative estimate of drug-likeness (QED) is 0.478. The number of rotatable bonds is 7. The van der Waals surface area contributed by atoms with Crippen LogP contribution in [0.3, 0.4) is 0 Å². The van der Waals surface area contributed by atoms with Crippen molar-refractivity contribution in [3.05, 3.63) is 63.1 Å². The summed E-state index contributed by atoms with van der Waals surface area (Å²) in [5, 5.41) is 10.2. The van der Waals surface area contributed by atoms with E-state index in [4.69, 9.17) is 0 Å². The molecule has 0 aliphatic heterocycles. The van der Waals surface area contributed by atoms with E-state index >= 15 is 0 Å². The molecule has 1 fully saturated rings. The van der Waals surface area contributed by atoms with E-state index in [0.717, 1.165) is 28.7 Å². The van der Waals surface area contributed by atoms with Gasteiger partial charge in [0.1, 0.15) is 4.88 Å². The standard InChI is InChI=1S/C20H20N6O2S2/c1-13-16(30-19(22-13)24-9-2-3-10-24)18(27)21-8-11-25-20(28)26(14-6-7-14)17(23-25)15-5-4-12-29-15/h2-5,9-10,12,14H,6-8,11H2,1H3,(H,21,27). The lowest BCUT2D eigenvalue weighted by atomic mass is 10.4. The van der Waals surface area contributed by atoms with Gasteiger partial charge in [0.25, 0.3) is 5.91 Å². The van der Waals surface area contributed by atoms with Gasteiger partial charge >= 0.3 is 5.69 Å². The number of thiophene rings is 1. The van der Waals surface area contributed by atoms with Crippen LogP contribution in [-0.2, 0) is 6.54 Å². The first-order chi connectivity index (χ1) is 14.6. The van der Waals surface area contributed by atoms with Crippen molar-refractivity contribution in [2.75, 3.05) is 6.54 Å². The summed E-state index contributed by atoms with van der Waals surface area (Å²) in [6, 6.07) is 8.01. The molecule has 1 amide bonds. The maximum Gasteiger partial charge on any atom is 0.346 e. The average Bonchev–Trinajstić information content (AvgIpc) is 3.19. The van der Waals surface area contributed by atoms with Gasteiger partial charge in [0, 0.05) is 25.0 Å². The van der Waals surface area contributed by atoms with E-state index in [1.807, 2.05) is 53.5 Å². The molecule has 0 atom stereocenters. The van der Waals surface area contributed by atoms with Gasteiger partial charge in [-0.05, 0) is 43.3 Å². The maximum absolute atomic E-state index is 12.8. The minimum Gasteiger partial charge on any atom is -0.349 e. The second-order valence-corrected chi connectivity index (χ2v) is 9.09. The number of carbonyl (C=O) groups is 1. The molecular weight excluding hydrogens is 420 g/mol. The maximum atomic E-state index is 12.8. The molecule has 1 saturated carbocycles. The van der Waals surface area contributed by atoms with E-state index in [1.165, 1.54) is 16.0 Å². The smallest absolute Gasteiger partial charge is 0.346 e. The van der Waals surface area contributed by atoms with E-state index < -0.39 is 0 Å². The van der Waals surface area contributed by atoms with Crippen LogP contribution in [0.25, 0.3) is 15.8 Å². The summed E-state index contributed by atoms with van der Waals surface area (Å²) in [5.74, 6) is 0.537. The first-order valence-corrected chi connectivity index (χ1v) is 11.4. The van der Waals surface area contributed by atoms with Gasteiger partial charge in [-0.1, -0.05) is 17.4 Å². The number of amides is 1. The summed E-state index contributed by atoms with van der Waals surface area (Å²) in [6.45, 7) is 2.47. The van der Waals surface area contributed by atoms with Crippen molar-refractivity contribution in [3.63, 3.8) is 0 Å². The van der Waals surface area contributed by atoms with Crippen LogP contribution in [0.4, 0.5) is 0 Å². The number of nitrogens with one attached hydrogen (secondary N) is 1. The Hall–Kier alpha value is -2.98. The molecule has 4 aromatic heterocycles. The molecule has 0 radical (unpaired) electrons. The first-order valence-electron chi connectivity index (χ1n) is 9.74. The van der Waals surface area contributed by atoms with Gasteiger partial charge in [0.2, 0.25) is 0 Å². The lowest BCUT2D eigenvalue weighted by Crippen LogP contribution is -2.32. The highest BCUT2D eigenvalue weighted by atomic mass is 32.1. The summed E-state index contributed by atoms with van der Waals surface area (Å²) in [4.78, 5) is 31.5. The van der Waals surface area contributed by atoms with Crippen LogP contribution >= 0.6 is 22.7 Å². The fraction of sp³-hybridized carbons (Fsp3) is 0.300. The molecule has 0 saturated heterocycles. The van der Waals surface area contributed by atoms with E-state index in [2.05, 4.69) is 15.4 Å². The third-order valence-corrected chi connectivity index (χ3v) is 6.99. The van der Waals surface area contributed by atoms with Gasteiger partial charge in [0.05, 0.1) is 17.1 Å². The molecule has 154 valence electrons. The highest BCUT2D eigenvalue weighted by Crippen LogP contribution is 2.37. The average molecular weight is 441 g/mol. The number of aromatic nitrogens is 5. The minimum absolute atomic E-state index is 0.112. The van der Waals surface area contributed by atoms with Crippen molar-refractivity contribution >= 4 is 28.6 Å². The Bertz CT molecular complexity index is 1230. The minimum atomic E-state index is -0.184. The Morgan fingerprint density at radius 3 is 2.77 bits per heavy atom. The molecule has 1 aliphatic rings.